The van der Waals surface area contributed by atoms with Gasteiger partial charge in [0.05, 0.1) is 6.04 Å². The Morgan fingerprint density at radius 1 is 1.35 bits per heavy atom. The van der Waals surface area contributed by atoms with E-state index >= 15 is 0 Å². The van der Waals surface area contributed by atoms with Gasteiger partial charge in [0.1, 0.15) is 6.04 Å². The van der Waals surface area contributed by atoms with Crippen molar-refractivity contribution >= 4 is 11.9 Å². The molecule has 5 heteroatoms. The fourth-order valence-corrected chi connectivity index (χ4v) is 2.72. The Hall–Kier alpha value is -1.10. The van der Waals surface area contributed by atoms with Gasteiger partial charge in [-0.05, 0) is 38.3 Å². The van der Waals surface area contributed by atoms with Crippen LogP contribution in [-0.4, -0.2) is 47.1 Å². The van der Waals surface area contributed by atoms with Crippen LogP contribution < -0.4 is 5.32 Å². The van der Waals surface area contributed by atoms with Gasteiger partial charge in [0.2, 0.25) is 5.91 Å². The fraction of sp³-hybridized carbons (Fsp3) is 0.867. The first kappa shape index (κ1) is 17.0. The first-order chi connectivity index (χ1) is 9.47. The molecule has 1 aliphatic rings. The number of amides is 1. The Morgan fingerprint density at radius 2 is 2.05 bits per heavy atom. The van der Waals surface area contributed by atoms with E-state index in [4.69, 9.17) is 5.11 Å². The largest absolute Gasteiger partial charge is 0.480 e. The van der Waals surface area contributed by atoms with Gasteiger partial charge in [0.25, 0.3) is 0 Å². The van der Waals surface area contributed by atoms with Crippen LogP contribution in [0.25, 0.3) is 0 Å². The van der Waals surface area contributed by atoms with E-state index in [1.807, 2.05) is 13.8 Å². The van der Waals surface area contributed by atoms with Crippen molar-refractivity contribution in [1.82, 2.24) is 10.2 Å². The molecule has 0 aromatic carbocycles. The van der Waals surface area contributed by atoms with Crippen LogP contribution in [0.1, 0.15) is 52.9 Å². The molecule has 2 atom stereocenters. The zero-order chi connectivity index (χ0) is 15.1. The minimum atomic E-state index is -0.955. The van der Waals surface area contributed by atoms with Crippen molar-refractivity contribution in [3.8, 4) is 0 Å². The van der Waals surface area contributed by atoms with Gasteiger partial charge in [0.15, 0.2) is 0 Å². The van der Waals surface area contributed by atoms with E-state index in [1.165, 1.54) is 12.8 Å². The summed E-state index contributed by atoms with van der Waals surface area (Å²) in [6.07, 6.45) is 5.30. The normalized spacial score (nSPS) is 21.1. The third-order valence-corrected chi connectivity index (χ3v) is 3.95. The summed E-state index contributed by atoms with van der Waals surface area (Å²) in [6, 6.07) is -0.937. The lowest BCUT2D eigenvalue weighted by molar-refractivity contribution is -0.143. The highest BCUT2D eigenvalue weighted by Crippen LogP contribution is 2.18. The van der Waals surface area contributed by atoms with Crippen molar-refractivity contribution in [2.75, 3.05) is 13.1 Å². The highest BCUT2D eigenvalue weighted by Gasteiger charge is 2.33. The lowest BCUT2D eigenvalue weighted by atomic mass is 10.0. The van der Waals surface area contributed by atoms with Crippen LogP contribution in [0.5, 0.6) is 0 Å². The number of aliphatic carboxylic acids is 1. The number of hydrogen-bond acceptors (Lipinski definition) is 3. The zero-order valence-electron chi connectivity index (χ0n) is 12.9. The number of nitrogens with one attached hydrogen (secondary N) is 1. The molecular formula is C15H28N2O3. The van der Waals surface area contributed by atoms with Gasteiger partial charge in [-0.3, -0.25) is 9.69 Å². The van der Waals surface area contributed by atoms with E-state index < -0.39 is 12.0 Å². The van der Waals surface area contributed by atoms with Crippen LogP contribution in [-0.2, 0) is 9.59 Å². The number of hydrogen-bond donors (Lipinski definition) is 2. The minimum Gasteiger partial charge on any atom is -0.480 e. The van der Waals surface area contributed by atoms with Crippen molar-refractivity contribution in [3.05, 3.63) is 0 Å². The van der Waals surface area contributed by atoms with Crippen LogP contribution >= 0.6 is 0 Å². The lowest BCUT2D eigenvalue weighted by Crippen LogP contribution is -2.51. The number of unbranched alkanes of at least 4 members (excludes halogenated alkanes) is 2. The molecule has 0 radical (unpaired) electrons. The number of nitrogens with zero attached hydrogens (tertiary/aromatic N) is 1. The average Bonchev–Trinajstić information content (AvgIpc) is 2.83. The van der Waals surface area contributed by atoms with E-state index in [0.717, 1.165) is 32.4 Å². The third kappa shape index (κ3) is 4.78. The summed E-state index contributed by atoms with van der Waals surface area (Å²) in [5, 5.41) is 11.8. The second kappa shape index (κ2) is 8.25. The monoisotopic (exact) mass is 284 g/mol. The molecule has 1 aliphatic heterocycles. The van der Waals surface area contributed by atoms with Crippen molar-refractivity contribution < 1.29 is 14.7 Å². The molecule has 0 aromatic rings. The fourth-order valence-electron chi connectivity index (χ4n) is 2.72. The molecule has 0 aromatic heterocycles. The van der Waals surface area contributed by atoms with Crippen LogP contribution in [0.2, 0.25) is 0 Å². The molecule has 0 aliphatic carbocycles. The number of carbonyl (C=O) groups is 2. The summed E-state index contributed by atoms with van der Waals surface area (Å²) in [6.45, 7) is 7.67. The molecular weight excluding hydrogens is 256 g/mol. The molecule has 5 nitrogen and oxygen atoms in total. The molecule has 2 N–H and O–H groups in total. The molecule has 1 fully saturated rings. The van der Waals surface area contributed by atoms with E-state index in [0.29, 0.717) is 0 Å². The van der Waals surface area contributed by atoms with E-state index in [-0.39, 0.29) is 17.9 Å². The number of carboxylic acids is 1. The lowest BCUT2D eigenvalue weighted by Gasteiger charge is -2.26. The second-order valence-corrected chi connectivity index (χ2v) is 5.97. The standard InChI is InChI=1S/C15H28N2O3/c1-4-5-6-9-17-10-7-8-12(17)14(18)16-13(11(2)3)15(19)20/h11-13H,4-10H2,1-3H3,(H,16,18)(H,19,20)/t12-,13-/m0/s1. The Kier molecular flexibility index (Phi) is 6.99. The maximum Gasteiger partial charge on any atom is 0.326 e. The van der Waals surface area contributed by atoms with Crippen molar-refractivity contribution in [1.29, 1.82) is 0 Å². The highest BCUT2D eigenvalue weighted by atomic mass is 16.4. The summed E-state index contributed by atoms with van der Waals surface area (Å²) in [5.41, 5.74) is 0. The molecule has 0 bridgehead atoms. The summed E-state index contributed by atoms with van der Waals surface area (Å²) >= 11 is 0. The SMILES string of the molecule is CCCCCN1CCC[C@H]1C(=O)N[C@H](C(=O)O)C(C)C. The first-order valence-electron chi connectivity index (χ1n) is 7.74. The zero-order valence-corrected chi connectivity index (χ0v) is 12.9. The van der Waals surface area contributed by atoms with Gasteiger partial charge < -0.3 is 10.4 Å². The minimum absolute atomic E-state index is 0.105. The third-order valence-electron chi connectivity index (χ3n) is 3.95. The summed E-state index contributed by atoms with van der Waals surface area (Å²) < 4.78 is 0. The molecule has 1 saturated heterocycles. The topological polar surface area (TPSA) is 69.6 Å². The summed E-state index contributed by atoms with van der Waals surface area (Å²) in [5.74, 6) is -1.18. The number of likely N-dealkylation sites (tertiary alicyclic amines) is 1. The molecule has 20 heavy (non-hydrogen) atoms. The molecule has 1 heterocycles. The van der Waals surface area contributed by atoms with Gasteiger partial charge in [-0.1, -0.05) is 33.6 Å². The van der Waals surface area contributed by atoms with Crippen LogP contribution in [0.4, 0.5) is 0 Å². The Balaban J connectivity index is 2.54. The maximum atomic E-state index is 12.3. The molecule has 1 rings (SSSR count). The van der Waals surface area contributed by atoms with Crippen molar-refractivity contribution in [2.24, 2.45) is 5.92 Å². The van der Waals surface area contributed by atoms with Crippen LogP contribution in [0, 0.1) is 5.92 Å². The molecule has 0 spiro atoms. The van der Waals surface area contributed by atoms with E-state index in [1.54, 1.807) is 0 Å². The number of rotatable bonds is 8. The predicted molar refractivity (Wildman–Crippen MR) is 78.5 cm³/mol. The van der Waals surface area contributed by atoms with Gasteiger partial charge in [-0.2, -0.15) is 0 Å². The van der Waals surface area contributed by atoms with Crippen molar-refractivity contribution in [2.45, 2.75) is 65.0 Å². The Morgan fingerprint density at radius 3 is 2.60 bits per heavy atom. The van der Waals surface area contributed by atoms with Crippen LogP contribution in [0.15, 0.2) is 0 Å². The van der Waals surface area contributed by atoms with E-state index in [9.17, 15) is 9.59 Å². The molecule has 0 unspecified atom stereocenters. The van der Waals surface area contributed by atoms with E-state index in [2.05, 4.69) is 17.1 Å². The Bertz CT molecular complexity index is 331. The van der Waals surface area contributed by atoms with Gasteiger partial charge in [0, 0.05) is 0 Å². The summed E-state index contributed by atoms with van der Waals surface area (Å²) in [7, 11) is 0. The maximum absolute atomic E-state index is 12.3. The average molecular weight is 284 g/mol. The number of carbonyl (C=O) groups excluding carboxylic acids is 1. The predicted octanol–water partition coefficient (Wildman–Crippen LogP) is 1.87. The second-order valence-electron chi connectivity index (χ2n) is 5.97. The van der Waals surface area contributed by atoms with Crippen molar-refractivity contribution in [3.63, 3.8) is 0 Å². The molecule has 1 amide bonds. The highest BCUT2D eigenvalue weighted by molar-refractivity contribution is 5.87. The van der Waals surface area contributed by atoms with Crippen LogP contribution in [0.3, 0.4) is 0 Å². The quantitative estimate of drug-likeness (QED) is 0.668. The molecule has 0 saturated carbocycles. The smallest absolute Gasteiger partial charge is 0.326 e. The number of carboxylic acid groups (broad SMARTS) is 1. The van der Waals surface area contributed by atoms with Gasteiger partial charge in [-0.25, -0.2) is 4.79 Å². The molecule has 116 valence electrons. The first-order valence-corrected chi connectivity index (χ1v) is 7.74. The van der Waals surface area contributed by atoms with Gasteiger partial charge >= 0.3 is 5.97 Å². The summed E-state index contributed by atoms with van der Waals surface area (Å²) in [4.78, 5) is 25.6. The van der Waals surface area contributed by atoms with Gasteiger partial charge in [-0.15, -0.1) is 0 Å². The Labute approximate surface area is 121 Å².